The van der Waals surface area contributed by atoms with E-state index in [4.69, 9.17) is 0 Å². The van der Waals surface area contributed by atoms with E-state index < -0.39 is 8.07 Å². The van der Waals surface area contributed by atoms with E-state index in [0.717, 1.165) is 6.42 Å². The second-order valence-electron chi connectivity index (χ2n) is 5.49. The van der Waals surface area contributed by atoms with Crippen LogP contribution in [0.1, 0.15) is 32.6 Å². The molecule has 0 saturated carbocycles. The van der Waals surface area contributed by atoms with Crippen LogP contribution in [0.15, 0.2) is 54.3 Å². The Morgan fingerprint density at radius 3 is 2.44 bits per heavy atom. The maximum atomic E-state index is 3.89. The van der Waals surface area contributed by atoms with Gasteiger partial charge < -0.3 is 0 Å². The fraction of sp³-hybridized carbons (Fsp3) is 0.412. The number of unbranched alkanes of at least 4 members (excludes halogenated alkanes) is 1. The SMILES string of the molecule is C=CC/C(=C\[Si](C)(C)c1ccccc1)CCCC. The van der Waals surface area contributed by atoms with Crippen LogP contribution < -0.4 is 5.19 Å². The van der Waals surface area contributed by atoms with Crippen LogP contribution in [-0.2, 0) is 0 Å². The van der Waals surface area contributed by atoms with E-state index in [-0.39, 0.29) is 0 Å². The minimum atomic E-state index is -1.44. The van der Waals surface area contributed by atoms with E-state index in [0.29, 0.717) is 0 Å². The van der Waals surface area contributed by atoms with Crippen molar-refractivity contribution in [1.29, 1.82) is 0 Å². The van der Waals surface area contributed by atoms with Crippen molar-refractivity contribution < 1.29 is 0 Å². The minimum absolute atomic E-state index is 1.04. The lowest BCUT2D eigenvalue weighted by atomic mass is 10.1. The first kappa shape index (κ1) is 15.0. The van der Waals surface area contributed by atoms with Crippen LogP contribution in [0.25, 0.3) is 0 Å². The summed E-state index contributed by atoms with van der Waals surface area (Å²) < 4.78 is 0. The quantitative estimate of drug-likeness (QED) is 0.485. The van der Waals surface area contributed by atoms with Gasteiger partial charge in [-0.25, -0.2) is 0 Å². The van der Waals surface area contributed by atoms with Crippen LogP contribution in [-0.4, -0.2) is 8.07 Å². The molecule has 0 N–H and O–H groups in total. The first-order chi connectivity index (χ1) is 8.60. The Bertz CT molecular complexity index is 387. The van der Waals surface area contributed by atoms with Gasteiger partial charge in [0, 0.05) is 0 Å². The molecule has 0 aliphatic rings. The molecule has 0 saturated heterocycles. The maximum absolute atomic E-state index is 3.89. The van der Waals surface area contributed by atoms with E-state index in [9.17, 15) is 0 Å². The molecule has 1 rings (SSSR count). The number of hydrogen-bond donors (Lipinski definition) is 0. The molecule has 0 atom stereocenters. The maximum Gasteiger partial charge on any atom is 0.104 e. The normalized spacial score (nSPS) is 12.5. The van der Waals surface area contributed by atoms with Gasteiger partial charge in [-0.05, 0) is 19.3 Å². The fourth-order valence-corrected chi connectivity index (χ4v) is 4.78. The molecule has 0 nitrogen and oxygen atoms in total. The number of hydrogen-bond acceptors (Lipinski definition) is 0. The average Bonchev–Trinajstić information content (AvgIpc) is 2.37. The van der Waals surface area contributed by atoms with Crippen molar-refractivity contribution in [3.05, 3.63) is 54.3 Å². The molecule has 0 heterocycles. The summed E-state index contributed by atoms with van der Waals surface area (Å²) in [7, 11) is -1.44. The van der Waals surface area contributed by atoms with Crippen molar-refractivity contribution in [3.63, 3.8) is 0 Å². The van der Waals surface area contributed by atoms with Gasteiger partial charge in [-0.1, -0.05) is 79.3 Å². The summed E-state index contributed by atoms with van der Waals surface area (Å²) in [6.07, 6.45) is 6.87. The van der Waals surface area contributed by atoms with Gasteiger partial charge in [0.15, 0.2) is 0 Å². The monoisotopic (exact) mass is 258 g/mol. The lowest BCUT2D eigenvalue weighted by Gasteiger charge is -2.20. The molecule has 0 fully saturated rings. The lowest BCUT2D eigenvalue weighted by Crippen LogP contribution is -2.39. The summed E-state index contributed by atoms with van der Waals surface area (Å²) >= 11 is 0. The molecular formula is C17H26Si. The largest absolute Gasteiger partial charge is 0.104 e. The highest BCUT2D eigenvalue weighted by atomic mass is 28.3. The van der Waals surface area contributed by atoms with Crippen LogP contribution in [0.4, 0.5) is 0 Å². The van der Waals surface area contributed by atoms with Gasteiger partial charge in [0.1, 0.15) is 8.07 Å². The smallest absolute Gasteiger partial charge is 0.103 e. The standard InChI is InChI=1S/C17H26Si/c1-5-7-12-16(11-6-2)15-18(3,4)17-13-9-8-10-14-17/h6,8-10,13-15H,2,5,7,11-12H2,1,3-4H3/b16-15+. The molecule has 1 heteroatoms. The Balaban J connectivity index is 2.90. The van der Waals surface area contributed by atoms with E-state index in [1.54, 1.807) is 5.57 Å². The van der Waals surface area contributed by atoms with Crippen LogP contribution in [0, 0.1) is 0 Å². The Labute approximate surface area is 113 Å². The number of rotatable bonds is 7. The topological polar surface area (TPSA) is 0 Å². The highest BCUT2D eigenvalue weighted by Gasteiger charge is 2.20. The summed E-state index contributed by atoms with van der Waals surface area (Å²) in [6.45, 7) is 11.0. The van der Waals surface area contributed by atoms with Gasteiger partial charge in [0.2, 0.25) is 0 Å². The Morgan fingerprint density at radius 2 is 1.89 bits per heavy atom. The van der Waals surface area contributed by atoms with E-state index in [1.807, 2.05) is 6.08 Å². The molecule has 0 radical (unpaired) electrons. The zero-order valence-corrected chi connectivity index (χ0v) is 13.1. The first-order valence-electron chi connectivity index (χ1n) is 6.97. The number of benzene rings is 1. The molecular weight excluding hydrogens is 232 g/mol. The molecule has 1 aromatic carbocycles. The molecule has 98 valence electrons. The molecule has 0 spiro atoms. The van der Waals surface area contributed by atoms with Crippen LogP contribution in [0.2, 0.25) is 13.1 Å². The summed E-state index contributed by atoms with van der Waals surface area (Å²) in [4.78, 5) is 0. The predicted octanol–water partition coefficient (Wildman–Crippen LogP) is 4.83. The predicted molar refractivity (Wildman–Crippen MR) is 86.0 cm³/mol. The molecule has 0 aliphatic carbocycles. The van der Waals surface area contributed by atoms with Gasteiger partial charge in [-0.15, -0.1) is 6.58 Å². The Kier molecular flexibility index (Phi) is 6.13. The fourth-order valence-electron chi connectivity index (χ4n) is 2.28. The van der Waals surface area contributed by atoms with Crippen LogP contribution >= 0.6 is 0 Å². The molecule has 0 aliphatic heterocycles. The first-order valence-corrected chi connectivity index (χ1v) is 10.0. The van der Waals surface area contributed by atoms with E-state index >= 15 is 0 Å². The highest BCUT2D eigenvalue weighted by molar-refractivity contribution is 6.94. The van der Waals surface area contributed by atoms with Gasteiger partial charge in [-0.3, -0.25) is 0 Å². The van der Waals surface area contributed by atoms with E-state index in [1.165, 1.54) is 24.4 Å². The van der Waals surface area contributed by atoms with Gasteiger partial charge >= 0.3 is 0 Å². The lowest BCUT2D eigenvalue weighted by molar-refractivity contribution is 0.776. The average molecular weight is 258 g/mol. The van der Waals surface area contributed by atoms with Gasteiger partial charge in [0.25, 0.3) is 0 Å². The second-order valence-corrected chi connectivity index (χ2v) is 9.80. The highest BCUT2D eigenvalue weighted by Crippen LogP contribution is 2.17. The van der Waals surface area contributed by atoms with Crippen LogP contribution in [0.5, 0.6) is 0 Å². The Hall–Kier alpha value is -1.08. The molecule has 0 bridgehead atoms. The van der Waals surface area contributed by atoms with Gasteiger partial charge in [0.05, 0.1) is 0 Å². The zero-order chi connectivity index (χ0) is 13.4. The van der Waals surface area contributed by atoms with Gasteiger partial charge in [-0.2, -0.15) is 0 Å². The summed E-state index contributed by atoms with van der Waals surface area (Å²) in [5, 5.41) is 1.52. The third-order valence-electron chi connectivity index (χ3n) is 3.34. The summed E-state index contributed by atoms with van der Waals surface area (Å²) in [5.74, 6) is 0. The number of allylic oxidation sites excluding steroid dienone is 2. The van der Waals surface area contributed by atoms with Crippen molar-refractivity contribution in [1.82, 2.24) is 0 Å². The second kappa shape index (κ2) is 7.37. The zero-order valence-electron chi connectivity index (χ0n) is 12.1. The summed E-state index contributed by atoms with van der Waals surface area (Å²) in [5.41, 5.74) is 4.15. The van der Waals surface area contributed by atoms with Crippen molar-refractivity contribution in [2.24, 2.45) is 0 Å². The molecule has 18 heavy (non-hydrogen) atoms. The van der Waals surface area contributed by atoms with Crippen molar-refractivity contribution in [2.45, 2.75) is 45.7 Å². The molecule has 1 aromatic rings. The molecule has 0 aromatic heterocycles. The van der Waals surface area contributed by atoms with Crippen molar-refractivity contribution >= 4 is 13.3 Å². The molecule has 0 unspecified atom stereocenters. The van der Waals surface area contributed by atoms with Crippen LogP contribution in [0.3, 0.4) is 0 Å². The third-order valence-corrected chi connectivity index (χ3v) is 6.29. The van der Waals surface area contributed by atoms with Crippen molar-refractivity contribution in [3.8, 4) is 0 Å². The van der Waals surface area contributed by atoms with Crippen molar-refractivity contribution in [2.75, 3.05) is 0 Å². The van der Waals surface area contributed by atoms with E-state index in [2.05, 4.69) is 62.6 Å². The third kappa shape index (κ3) is 4.65. The minimum Gasteiger partial charge on any atom is -0.103 e. The molecule has 0 amide bonds. The summed E-state index contributed by atoms with van der Waals surface area (Å²) in [6, 6.07) is 10.9. The Morgan fingerprint density at radius 1 is 1.22 bits per heavy atom.